The lowest BCUT2D eigenvalue weighted by Crippen LogP contribution is -1.86. The van der Waals surface area contributed by atoms with E-state index >= 15 is 0 Å². The molecular formula is C7H4ClNOS. The normalized spacial score (nSPS) is 21.2. The molecule has 0 fully saturated rings. The van der Waals surface area contributed by atoms with Crippen LogP contribution in [0.2, 0.25) is 0 Å². The zero-order valence-electron chi connectivity index (χ0n) is 5.45. The molecule has 1 atom stereocenters. The van der Waals surface area contributed by atoms with Gasteiger partial charge in [-0.25, -0.2) is 4.21 Å². The highest BCUT2D eigenvalue weighted by atomic mass is 35.5. The van der Waals surface area contributed by atoms with Crippen molar-refractivity contribution in [2.45, 2.75) is 4.90 Å². The van der Waals surface area contributed by atoms with Crippen LogP contribution in [0.5, 0.6) is 0 Å². The van der Waals surface area contributed by atoms with Crippen molar-refractivity contribution in [3.05, 3.63) is 29.8 Å². The van der Waals surface area contributed by atoms with Crippen LogP contribution in [0.3, 0.4) is 0 Å². The zero-order valence-corrected chi connectivity index (χ0v) is 7.02. The second kappa shape index (κ2) is 2.43. The van der Waals surface area contributed by atoms with E-state index < -0.39 is 11.0 Å². The van der Waals surface area contributed by atoms with Crippen molar-refractivity contribution >= 4 is 27.8 Å². The highest BCUT2D eigenvalue weighted by Gasteiger charge is 2.19. The third-order valence-electron chi connectivity index (χ3n) is 1.46. The van der Waals surface area contributed by atoms with E-state index in [-0.39, 0.29) is 0 Å². The molecule has 0 radical (unpaired) electrons. The number of hydrogen-bond acceptors (Lipinski definition) is 1. The molecular weight excluding hydrogens is 182 g/mol. The van der Waals surface area contributed by atoms with Crippen LogP contribution >= 0.6 is 11.6 Å². The summed E-state index contributed by atoms with van der Waals surface area (Å²) in [5.41, 5.74) is 0.785. The van der Waals surface area contributed by atoms with Gasteiger partial charge >= 0.3 is 0 Å². The van der Waals surface area contributed by atoms with Crippen molar-refractivity contribution in [3.63, 3.8) is 0 Å². The van der Waals surface area contributed by atoms with Crippen LogP contribution in [0.25, 0.3) is 0 Å². The summed E-state index contributed by atoms with van der Waals surface area (Å²) in [4.78, 5) is 0.706. The first kappa shape index (κ1) is 7.00. The van der Waals surface area contributed by atoms with Gasteiger partial charge in [0.2, 0.25) is 0 Å². The van der Waals surface area contributed by atoms with E-state index in [0.29, 0.717) is 10.1 Å². The van der Waals surface area contributed by atoms with Crippen LogP contribution in [0.15, 0.2) is 33.6 Å². The minimum atomic E-state index is -1.27. The molecule has 1 aromatic rings. The molecule has 0 aromatic heterocycles. The van der Waals surface area contributed by atoms with Crippen molar-refractivity contribution in [1.82, 2.24) is 0 Å². The standard InChI is InChI=1S/C7H4ClNOS/c8-7-5-3-1-2-4-6(5)11(10)9-7/h1-4H. The molecule has 1 unspecified atom stereocenters. The average Bonchev–Trinajstić information content (AvgIpc) is 2.30. The Labute approximate surface area is 71.5 Å². The molecule has 0 saturated heterocycles. The summed E-state index contributed by atoms with van der Waals surface area (Å²) in [7, 11) is -1.27. The Morgan fingerprint density at radius 3 is 2.82 bits per heavy atom. The number of benzene rings is 1. The minimum absolute atomic E-state index is 0.346. The first-order valence-corrected chi connectivity index (χ1v) is 4.53. The molecule has 2 rings (SSSR count). The van der Waals surface area contributed by atoms with E-state index in [9.17, 15) is 4.21 Å². The minimum Gasteiger partial charge on any atom is -0.229 e. The summed E-state index contributed by atoms with van der Waals surface area (Å²) in [5, 5.41) is 0.346. The summed E-state index contributed by atoms with van der Waals surface area (Å²) >= 11 is 5.69. The van der Waals surface area contributed by atoms with Gasteiger partial charge < -0.3 is 0 Å². The second-order valence-electron chi connectivity index (χ2n) is 2.13. The van der Waals surface area contributed by atoms with Gasteiger partial charge in [-0.2, -0.15) is 4.40 Å². The van der Waals surface area contributed by atoms with E-state index in [1.807, 2.05) is 18.2 Å². The molecule has 4 heteroatoms. The predicted octanol–water partition coefficient (Wildman–Crippen LogP) is 1.71. The highest BCUT2D eigenvalue weighted by Crippen LogP contribution is 2.23. The number of nitrogens with zero attached hydrogens (tertiary/aromatic N) is 1. The molecule has 56 valence electrons. The van der Waals surface area contributed by atoms with E-state index in [1.54, 1.807) is 6.07 Å². The Kier molecular flexibility index (Phi) is 1.55. The van der Waals surface area contributed by atoms with Crippen LogP contribution in [0, 0.1) is 0 Å². The Hall–Kier alpha value is -0.670. The number of fused-ring (bicyclic) bond motifs is 1. The average molecular weight is 186 g/mol. The molecule has 1 heterocycles. The Morgan fingerprint density at radius 1 is 1.36 bits per heavy atom. The SMILES string of the molecule is O=S1N=C(Cl)c2ccccc21. The summed E-state index contributed by atoms with van der Waals surface area (Å²) in [6, 6.07) is 7.25. The maximum atomic E-state index is 11.1. The van der Waals surface area contributed by atoms with Crippen LogP contribution in [0.1, 0.15) is 5.56 Å². The quantitative estimate of drug-likeness (QED) is 0.605. The van der Waals surface area contributed by atoms with Gasteiger partial charge in [-0.1, -0.05) is 29.8 Å². The molecule has 1 aromatic carbocycles. The summed E-state index contributed by atoms with van der Waals surface area (Å²) in [5.74, 6) is 0. The van der Waals surface area contributed by atoms with E-state index in [1.165, 1.54) is 0 Å². The largest absolute Gasteiger partial charge is 0.229 e. The fraction of sp³-hybridized carbons (Fsp3) is 0. The van der Waals surface area contributed by atoms with Crippen LogP contribution in [-0.2, 0) is 11.0 Å². The Morgan fingerprint density at radius 2 is 2.09 bits per heavy atom. The highest BCUT2D eigenvalue weighted by molar-refractivity contribution is 7.84. The van der Waals surface area contributed by atoms with Crippen LogP contribution in [-0.4, -0.2) is 9.38 Å². The van der Waals surface area contributed by atoms with Crippen molar-refractivity contribution in [1.29, 1.82) is 0 Å². The van der Waals surface area contributed by atoms with Crippen molar-refractivity contribution in [2.24, 2.45) is 4.40 Å². The molecule has 0 bridgehead atoms. The van der Waals surface area contributed by atoms with E-state index in [0.717, 1.165) is 5.56 Å². The summed E-state index contributed by atoms with van der Waals surface area (Å²) in [6.07, 6.45) is 0. The van der Waals surface area contributed by atoms with Gasteiger partial charge in [-0.3, -0.25) is 0 Å². The molecule has 0 saturated carbocycles. The van der Waals surface area contributed by atoms with Gasteiger partial charge in [0, 0.05) is 5.56 Å². The van der Waals surface area contributed by atoms with E-state index in [4.69, 9.17) is 11.6 Å². The fourth-order valence-corrected chi connectivity index (χ4v) is 2.26. The van der Waals surface area contributed by atoms with Crippen molar-refractivity contribution in [3.8, 4) is 0 Å². The molecule has 11 heavy (non-hydrogen) atoms. The molecule has 2 nitrogen and oxygen atoms in total. The van der Waals surface area contributed by atoms with Gasteiger partial charge in [0.25, 0.3) is 0 Å². The van der Waals surface area contributed by atoms with Crippen LogP contribution < -0.4 is 0 Å². The fourth-order valence-electron chi connectivity index (χ4n) is 0.960. The number of hydrogen-bond donors (Lipinski definition) is 0. The molecule has 0 amide bonds. The molecule has 0 N–H and O–H groups in total. The third kappa shape index (κ3) is 1.01. The van der Waals surface area contributed by atoms with Gasteiger partial charge in [0.15, 0.2) is 11.0 Å². The zero-order chi connectivity index (χ0) is 7.84. The van der Waals surface area contributed by atoms with Crippen molar-refractivity contribution in [2.75, 3.05) is 0 Å². The summed E-state index contributed by atoms with van der Waals surface area (Å²) in [6.45, 7) is 0. The molecule has 0 spiro atoms. The van der Waals surface area contributed by atoms with Crippen LogP contribution in [0.4, 0.5) is 0 Å². The van der Waals surface area contributed by atoms with Gasteiger partial charge in [-0.15, -0.1) is 0 Å². The van der Waals surface area contributed by atoms with Gasteiger partial charge in [0.05, 0.1) is 4.90 Å². The summed E-state index contributed by atoms with van der Waals surface area (Å²) < 4.78 is 14.8. The molecule has 0 aliphatic carbocycles. The molecule has 1 aliphatic rings. The van der Waals surface area contributed by atoms with Gasteiger partial charge in [-0.05, 0) is 6.07 Å². The monoisotopic (exact) mass is 185 g/mol. The Bertz CT molecular complexity index is 361. The topological polar surface area (TPSA) is 29.4 Å². The van der Waals surface area contributed by atoms with E-state index in [2.05, 4.69) is 4.40 Å². The lowest BCUT2D eigenvalue weighted by Gasteiger charge is -1.92. The lowest BCUT2D eigenvalue weighted by molar-refractivity contribution is 0.685. The smallest absolute Gasteiger partial charge is 0.174 e. The third-order valence-corrected chi connectivity index (χ3v) is 2.93. The first-order valence-electron chi connectivity index (χ1n) is 3.04. The van der Waals surface area contributed by atoms with Crippen molar-refractivity contribution < 1.29 is 4.21 Å². The Balaban J connectivity index is 2.71. The second-order valence-corrected chi connectivity index (χ2v) is 3.61. The first-order chi connectivity index (χ1) is 5.29. The lowest BCUT2D eigenvalue weighted by atomic mass is 10.2. The molecule has 1 aliphatic heterocycles. The predicted molar refractivity (Wildman–Crippen MR) is 45.2 cm³/mol. The number of halogens is 1. The maximum Gasteiger partial charge on any atom is 0.174 e. The van der Waals surface area contributed by atoms with Gasteiger partial charge in [0.1, 0.15) is 5.17 Å². The maximum absolute atomic E-state index is 11.1. The number of rotatable bonds is 0.